The van der Waals surface area contributed by atoms with E-state index in [-0.39, 0.29) is 23.8 Å². The van der Waals surface area contributed by atoms with Crippen molar-refractivity contribution in [2.75, 3.05) is 27.4 Å². The maximum atomic E-state index is 12.2. The molecule has 1 aromatic rings. The lowest BCUT2D eigenvalue weighted by molar-refractivity contribution is -0.0460. The molecule has 0 saturated carbocycles. The Kier molecular flexibility index (Phi) is 6.03. The van der Waals surface area contributed by atoms with E-state index < -0.39 is 15.6 Å². The quantitative estimate of drug-likeness (QED) is 0.729. The minimum Gasteiger partial charge on any atom is -0.382 e. The maximum absolute atomic E-state index is 12.2. The number of ether oxygens (including phenoxy) is 2. The zero-order valence-corrected chi connectivity index (χ0v) is 13.5. The van der Waals surface area contributed by atoms with Crippen LogP contribution in [0.15, 0.2) is 29.2 Å². The Labute approximate surface area is 125 Å². The van der Waals surface area contributed by atoms with Gasteiger partial charge in [-0.1, -0.05) is 12.1 Å². The minimum atomic E-state index is -3.66. The van der Waals surface area contributed by atoms with Gasteiger partial charge in [0.25, 0.3) is 0 Å². The van der Waals surface area contributed by atoms with Crippen LogP contribution in [0.1, 0.15) is 24.2 Å². The van der Waals surface area contributed by atoms with Gasteiger partial charge < -0.3 is 9.47 Å². The van der Waals surface area contributed by atoms with Crippen LogP contribution in [0.5, 0.6) is 0 Å². The summed E-state index contributed by atoms with van der Waals surface area (Å²) in [6, 6.07) is 5.78. The van der Waals surface area contributed by atoms with Crippen LogP contribution in [-0.2, 0) is 19.5 Å². The van der Waals surface area contributed by atoms with Gasteiger partial charge in [0, 0.05) is 26.3 Å². The van der Waals surface area contributed by atoms with Crippen molar-refractivity contribution in [2.24, 2.45) is 0 Å². The Morgan fingerprint density at radius 3 is 2.24 bits per heavy atom. The van der Waals surface area contributed by atoms with Crippen molar-refractivity contribution >= 4 is 15.8 Å². The van der Waals surface area contributed by atoms with Crippen LogP contribution in [-0.4, -0.2) is 47.2 Å². The molecule has 21 heavy (non-hydrogen) atoms. The molecule has 1 rings (SSSR count). The largest absolute Gasteiger partial charge is 0.382 e. The van der Waals surface area contributed by atoms with Crippen molar-refractivity contribution in [2.45, 2.75) is 24.3 Å². The molecular formula is C14H21NO5S. The number of ketones is 1. The van der Waals surface area contributed by atoms with Crippen LogP contribution in [0.4, 0.5) is 0 Å². The van der Waals surface area contributed by atoms with Gasteiger partial charge in [-0.05, 0) is 26.0 Å². The Bertz CT molecular complexity index is 582. The van der Waals surface area contributed by atoms with Gasteiger partial charge in [0.2, 0.25) is 10.0 Å². The summed E-state index contributed by atoms with van der Waals surface area (Å²) in [7, 11) is -0.646. The molecule has 0 aromatic heterocycles. The van der Waals surface area contributed by atoms with Crippen LogP contribution in [0.25, 0.3) is 0 Å². The molecule has 0 aliphatic rings. The van der Waals surface area contributed by atoms with Crippen molar-refractivity contribution in [1.82, 2.24) is 4.72 Å². The molecule has 6 nitrogen and oxygen atoms in total. The lowest BCUT2D eigenvalue weighted by atomic mass is 10.1. The first-order valence-electron chi connectivity index (χ1n) is 6.39. The van der Waals surface area contributed by atoms with Crippen molar-refractivity contribution in [3.05, 3.63) is 29.8 Å². The first-order valence-corrected chi connectivity index (χ1v) is 7.87. The average molecular weight is 315 g/mol. The summed E-state index contributed by atoms with van der Waals surface area (Å²) < 4.78 is 37.1. The summed E-state index contributed by atoms with van der Waals surface area (Å²) in [5.74, 6) is -0.112. The van der Waals surface area contributed by atoms with Crippen molar-refractivity contribution < 1.29 is 22.7 Å². The third-order valence-corrected chi connectivity index (χ3v) is 4.57. The zero-order chi connectivity index (χ0) is 16.1. The van der Waals surface area contributed by atoms with E-state index in [1.165, 1.54) is 45.4 Å². The molecule has 7 heteroatoms. The first-order chi connectivity index (χ1) is 9.74. The van der Waals surface area contributed by atoms with E-state index in [2.05, 4.69) is 4.72 Å². The van der Waals surface area contributed by atoms with Crippen molar-refractivity contribution in [3.8, 4) is 0 Å². The standard InChI is InChI=1S/C14H21NO5S/c1-11(16)12-5-7-13(8-6-12)21(17,18)15-9-14(2,20-4)10-19-3/h5-8,15H,9-10H2,1-4H3/t14-/m1/s1. The number of methoxy groups -OCH3 is 2. The number of Topliss-reactive ketones (excluding diaryl/α,β-unsaturated/α-hetero) is 1. The summed E-state index contributed by atoms with van der Waals surface area (Å²) in [6.45, 7) is 3.51. The molecule has 0 radical (unpaired) electrons. The predicted octanol–water partition coefficient (Wildman–Crippen LogP) is 1.22. The number of sulfonamides is 1. The van der Waals surface area contributed by atoms with Crippen LogP contribution in [0.3, 0.4) is 0 Å². The van der Waals surface area contributed by atoms with Crippen LogP contribution >= 0.6 is 0 Å². The summed E-state index contributed by atoms with van der Waals surface area (Å²) in [5.41, 5.74) is -0.281. The topological polar surface area (TPSA) is 81.7 Å². The Morgan fingerprint density at radius 2 is 1.81 bits per heavy atom. The molecule has 1 N–H and O–H groups in total. The second-order valence-corrected chi connectivity index (χ2v) is 6.76. The van der Waals surface area contributed by atoms with Crippen LogP contribution < -0.4 is 4.72 Å². The van der Waals surface area contributed by atoms with Gasteiger partial charge in [0.15, 0.2) is 5.78 Å². The Hall–Kier alpha value is -1.28. The van der Waals surface area contributed by atoms with Crippen LogP contribution in [0, 0.1) is 0 Å². The van der Waals surface area contributed by atoms with Gasteiger partial charge in [-0.25, -0.2) is 13.1 Å². The van der Waals surface area contributed by atoms with Crippen molar-refractivity contribution in [1.29, 1.82) is 0 Å². The highest BCUT2D eigenvalue weighted by Gasteiger charge is 2.26. The van der Waals surface area contributed by atoms with Crippen LogP contribution in [0.2, 0.25) is 0 Å². The van der Waals surface area contributed by atoms with Gasteiger partial charge in [-0.3, -0.25) is 4.79 Å². The molecule has 1 aromatic carbocycles. The van der Waals surface area contributed by atoms with E-state index >= 15 is 0 Å². The minimum absolute atomic E-state index is 0.0775. The van der Waals surface area contributed by atoms with Gasteiger partial charge in [0.05, 0.1) is 11.5 Å². The molecule has 118 valence electrons. The lowest BCUT2D eigenvalue weighted by Crippen LogP contribution is -2.45. The SMILES string of the molecule is COC[C@@](C)(CNS(=O)(=O)c1ccc(C(C)=O)cc1)OC. The third-order valence-electron chi connectivity index (χ3n) is 3.15. The smallest absolute Gasteiger partial charge is 0.240 e. The number of carbonyl (C=O) groups excluding carboxylic acids is 1. The van der Waals surface area contributed by atoms with Crippen molar-refractivity contribution in [3.63, 3.8) is 0 Å². The summed E-state index contributed by atoms with van der Waals surface area (Å²) in [6.07, 6.45) is 0. The number of carbonyl (C=O) groups is 1. The fraction of sp³-hybridized carbons (Fsp3) is 0.500. The lowest BCUT2D eigenvalue weighted by Gasteiger charge is -2.27. The van der Waals surface area contributed by atoms with Gasteiger partial charge in [-0.2, -0.15) is 0 Å². The molecule has 0 aliphatic heterocycles. The normalized spacial score (nSPS) is 14.7. The molecule has 0 bridgehead atoms. The monoisotopic (exact) mass is 315 g/mol. The van der Waals surface area contributed by atoms with E-state index in [4.69, 9.17) is 9.47 Å². The number of benzene rings is 1. The van der Waals surface area contributed by atoms with Gasteiger partial charge >= 0.3 is 0 Å². The highest BCUT2D eigenvalue weighted by Crippen LogP contribution is 2.13. The predicted molar refractivity (Wildman–Crippen MR) is 78.9 cm³/mol. The first kappa shape index (κ1) is 17.8. The Balaban J connectivity index is 2.84. The highest BCUT2D eigenvalue weighted by atomic mass is 32.2. The third kappa shape index (κ3) is 4.89. The Morgan fingerprint density at radius 1 is 1.24 bits per heavy atom. The molecule has 0 aliphatic carbocycles. The molecule has 0 fully saturated rings. The zero-order valence-electron chi connectivity index (χ0n) is 12.7. The number of nitrogens with one attached hydrogen (secondary N) is 1. The molecule has 0 saturated heterocycles. The van der Waals surface area contributed by atoms with E-state index in [9.17, 15) is 13.2 Å². The number of rotatable bonds is 8. The van der Waals surface area contributed by atoms with E-state index in [1.54, 1.807) is 6.92 Å². The van der Waals surface area contributed by atoms with Gasteiger partial charge in [0.1, 0.15) is 5.60 Å². The molecule has 0 heterocycles. The number of hydrogen-bond acceptors (Lipinski definition) is 5. The fourth-order valence-corrected chi connectivity index (χ4v) is 2.84. The molecule has 0 spiro atoms. The van der Waals surface area contributed by atoms with E-state index in [0.29, 0.717) is 5.56 Å². The molecular weight excluding hydrogens is 294 g/mol. The van der Waals surface area contributed by atoms with Gasteiger partial charge in [-0.15, -0.1) is 0 Å². The summed E-state index contributed by atoms with van der Waals surface area (Å²) >= 11 is 0. The highest BCUT2D eigenvalue weighted by molar-refractivity contribution is 7.89. The second kappa shape index (κ2) is 7.13. The molecule has 0 amide bonds. The van der Waals surface area contributed by atoms with E-state index in [0.717, 1.165) is 0 Å². The molecule has 0 unspecified atom stereocenters. The number of hydrogen-bond donors (Lipinski definition) is 1. The second-order valence-electron chi connectivity index (χ2n) is 4.99. The van der Waals surface area contributed by atoms with E-state index in [1.807, 2.05) is 0 Å². The fourth-order valence-electron chi connectivity index (χ4n) is 1.69. The maximum Gasteiger partial charge on any atom is 0.240 e. The summed E-state index contributed by atoms with van der Waals surface area (Å²) in [4.78, 5) is 11.3. The average Bonchev–Trinajstić information content (AvgIpc) is 2.46. The summed E-state index contributed by atoms with van der Waals surface area (Å²) in [5, 5.41) is 0. The molecule has 1 atom stereocenters.